The predicted octanol–water partition coefficient (Wildman–Crippen LogP) is 2.16. The molecular weight excluding hydrogens is 242 g/mol. The number of aldehydes is 1. The first-order chi connectivity index (χ1) is 7.92. The van der Waals surface area contributed by atoms with Gasteiger partial charge in [-0.1, -0.05) is 11.6 Å². The number of ether oxygens (including phenoxy) is 2. The Bertz CT molecular complexity index is 466. The second kappa shape index (κ2) is 4.20. The molecule has 5 heteroatoms. The van der Waals surface area contributed by atoms with Gasteiger partial charge in [-0.15, -0.1) is 0 Å². The van der Waals surface area contributed by atoms with E-state index in [0.29, 0.717) is 34.8 Å². The topological polar surface area (TPSA) is 61.6 Å². The van der Waals surface area contributed by atoms with Crippen LogP contribution in [0, 0.1) is 0 Å². The Balaban J connectivity index is 2.53. The number of benzene rings is 1. The minimum Gasteiger partial charge on any atom is -0.453 e. The number of carbonyl (C=O) groups is 1. The first-order valence-electron chi connectivity index (χ1n) is 5.27. The van der Waals surface area contributed by atoms with E-state index in [1.54, 1.807) is 6.07 Å². The Morgan fingerprint density at radius 3 is 2.71 bits per heavy atom. The summed E-state index contributed by atoms with van der Waals surface area (Å²) in [6, 6.07) is 1.59. The summed E-state index contributed by atoms with van der Waals surface area (Å²) in [4.78, 5) is 10.9. The Hall–Kier alpha value is -1.26. The van der Waals surface area contributed by atoms with Gasteiger partial charge in [-0.2, -0.15) is 0 Å². The molecule has 0 unspecified atom stereocenters. The van der Waals surface area contributed by atoms with E-state index >= 15 is 0 Å². The SMILES string of the molecule is CC(C)(N)Cc1c(Cl)cc(C=O)c2c1OCO2. The van der Waals surface area contributed by atoms with Gasteiger partial charge in [0.1, 0.15) is 0 Å². The molecule has 17 heavy (non-hydrogen) atoms. The van der Waals surface area contributed by atoms with Crippen molar-refractivity contribution in [2.45, 2.75) is 25.8 Å². The van der Waals surface area contributed by atoms with Gasteiger partial charge in [0, 0.05) is 16.1 Å². The summed E-state index contributed by atoms with van der Waals surface area (Å²) in [5.41, 5.74) is 6.76. The molecule has 0 aromatic heterocycles. The lowest BCUT2D eigenvalue weighted by Gasteiger charge is -2.20. The van der Waals surface area contributed by atoms with Crippen molar-refractivity contribution < 1.29 is 14.3 Å². The minimum absolute atomic E-state index is 0.106. The van der Waals surface area contributed by atoms with Crippen molar-refractivity contribution >= 4 is 17.9 Å². The number of carbonyl (C=O) groups excluding carboxylic acids is 1. The molecule has 0 fully saturated rings. The highest BCUT2D eigenvalue weighted by Gasteiger charge is 2.27. The zero-order chi connectivity index (χ0) is 12.6. The smallest absolute Gasteiger partial charge is 0.231 e. The average Bonchev–Trinajstić information content (AvgIpc) is 2.69. The number of hydrogen-bond acceptors (Lipinski definition) is 4. The van der Waals surface area contributed by atoms with E-state index in [-0.39, 0.29) is 6.79 Å². The molecule has 0 saturated heterocycles. The number of rotatable bonds is 3. The van der Waals surface area contributed by atoms with Crippen LogP contribution in [0.3, 0.4) is 0 Å². The van der Waals surface area contributed by atoms with Crippen LogP contribution in [-0.4, -0.2) is 18.6 Å². The van der Waals surface area contributed by atoms with Gasteiger partial charge in [-0.25, -0.2) is 0 Å². The van der Waals surface area contributed by atoms with Crippen LogP contribution in [0.1, 0.15) is 29.8 Å². The van der Waals surface area contributed by atoms with Crippen LogP contribution in [0.15, 0.2) is 6.07 Å². The van der Waals surface area contributed by atoms with Crippen molar-refractivity contribution in [3.63, 3.8) is 0 Å². The van der Waals surface area contributed by atoms with Crippen molar-refractivity contribution in [3.05, 3.63) is 22.2 Å². The molecular formula is C12H14ClNO3. The van der Waals surface area contributed by atoms with Gasteiger partial charge in [0.25, 0.3) is 0 Å². The average molecular weight is 256 g/mol. The monoisotopic (exact) mass is 255 g/mol. The van der Waals surface area contributed by atoms with Gasteiger partial charge in [-0.3, -0.25) is 4.79 Å². The molecule has 92 valence electrons. The van der Waals surface area contributed by atoms with E-state index in [1.165, 1.54) is 0 Å². The Kier molecular flexibility index (Phi) is 3.02. The van der Waals surface area contributed by atoms with Crippen LogP contribution in [-0.2, 0) is 6.42 Å². The molecule has 1 aromatic rings. The quantitative estimate of drug-likeness (QED) is 0.841. The minimum atomic E-state index is -0.411. The largest absolute Gasteiger partial charge is 0.453 e. The van der Waals surface area contributed by atoms with E-state index in [0.717, 1.165) is 5.56 Å². The highest BCUT2D eigenvalue weighted by Crippen LogP contribution is 2.43. The lowest BCUT2D eigenvalue weighted by Crippen LogP contribution is -2.34. The van der Waals surface area contributed by atoms with Crippen LogP contribution >= 0.6 is 11.6 Å². The molecule has 1 aliphatic rings. The normalized spacial score (nSPS) is 13.9. The van der Waals surface area contributed by atoms with Gasteiger partial charge >= 0.3 is 0 Å². The predicted molar refractivity (Wildman–Crippen MR) is 64.9 cm³/mol. The maximum Gasteiger partial charge on any atom is 0.231 e. The van der Waals surface area contributed by atoms with E-state index in [2.05, 4.69) is 0 Å². The van der Waals surface area contributed by atoms with Crippen LogP contribution in [0.25, 0.3) is 0 Å². The number of halogens is 1. The number of fused-ring (bicyclic) bond motifs is 1. The lowest BCUT2D eigenvalue weighted by atomic mass is 9.94. The molecule has 0 bridgehead atoms. The fourth-order valence-corrected chi connectivity index (χ4v) is 2.09. The van der Waals surface area contributed by atoms with Crippen LogP contribution in [0.4, 0.5) is 0 Å². The summed E-state index contributed by atoms with van der Waals surface area (Å²) < 4.78 is 10.7. The summed E-state index contributed by atoms with van der Waals surface area (Å²) in [7, 11) is 0. The van der Waals surface area contributed by atoms with Crippen LogP contribution in [0.2, 0.25) is 5.02 Å². The standard InChI is InChI=1S/C12H14ClNO3/c1-12(2,14)4-8-9(13)3-7(5-15)10-11(8)17-6-16-10/h3,5H,4,6,14H2,1-2H3. The molecule has 0 radical (unpaired) electrons. The Morgan fingerprint density at radius 2 is 2.12 bits per heavy atom. The van der Waals surface area contributed by atoms with E-state index in [4.69, 9.17) is 26.8 Å². The third-order valence-corrected chi connectivity index (χ3v) is 2.82. The van der Waals surface area contributed by atoms with Gasteiger partial charge in [-0.05, 0) is 26.3 Å². The molecule has 1 aliphatic heterocycles. The van der Waals surface area contributed by atoms with E-state index in [9.17, 15) is 4.79 Å². The van der Waals surface area contributed by atoms with E-state index in [1.807, 2.05) is 13.8 Å². The van der Waals surface area contributed by atoms with Crippen molar-refractivity contribution in [1.29, 1.82) is 0 Å². The number of nitrogens with two attached hydrogens (primary N) is 1. The molecule has 0 spiro atoms. The maximum atomic E-state index is 10.9. The molecule has 0 atom stereocenters. The van der Waals surface area contributed by atoms with Gasteiger partial charge in [0.15, 0.2) is 17.8 Å². The molecule has 2 N–H and O–H groups in total. The van der Waals surface area contributed by atoms with Crippen molar-refractivity contribution in [2.75, 3.05) is 6.79 Å². The van der Waals surface area contributed by atoms with Crippen LogP contribution < -0.4 is 15.2 Å². The third kappa shape index (κ3) is 2.37. The molecule has 0 saturated carbocycles. The highest BCUT2D eigenvalue weighted by molar-refractivity contribution is 6.32. The molecule has 1 heterocycles. The summed E-state index contributed by atoms with van der Waals surface area (Å²) in [6.07, 6.45) is 1.26. The van der Waals surface area contributed by atoms with Gasteiger partial charge in [0.2, 0.25) is 6.79 Å². The van der Waals surface area contributed by atoms with Crippen molar-refractivity contribution in [2.24, 2.45) is 5.73 Å². The fraction of sp³-hybridized carbons (Fsp3) is 0.417. The molecule has 0 amide bonds. The summed E-state index contributed by atoms with van der Waals surface area (Å²) in [6.45, 7) is 3.91. The molecule has 1 aromatic carbocycles. The Labute approximate surface area is 105 Å². The lowest BCUT2D eigenvalue weighted by molar-refractivity contribution is 0.111. The summed E-state index contributed by atoms with van der Waals surface area (Å²) >= 11 is 6.15. The fourth-order valence-electron chi connectivity index (χ4n) is 1.82. The zero-order valence-corrected chi connectivity index (χ0v) is 10.5. The Morgan fingerprint density at radius 1 is 1.47 bits per heavy atom. The van der Waals surface area contributed by atoms with Crippen molar-refractivity contribution in [3.8, 4) is 11.5 Å². The maximum absolute atomic E-state index is 10.9. The van der Waals surface area contributed by atoms with Gasteiger partial charge < -0.3 is 15.2 Å². The summed E-state index contributed by atoms with van der Waals surface area (Å²) in [5, 5.41) is 0.481. The highest BCUT2D eigenvalue weighted by atomic mass is 35.5. The summed E-state index contributed by atoms with van der Waals surface area (Å²) in [5.74, 6) is 1.00. The van der Waals surface area contributed by atoms with Gasteiger partial charge in [0.05, 0.1) is 5.56 Å². The van der Waals surface area contributed by atoms with Crippen LogP contribution in [0.5, 0.6) is 11.5 Å². The first kappa shape index (κ1) is 12.2. The zero-order valence-electron chi connectivity index (χ0n) is 9.75. The van der Waals surface area contributed by atoms with E-state index < -0.39 is 5.54 Å². The number of hydrogen-bond donors (Lipinski definition) is 1. The second-order valence-electron chi connectivity index (χ2n) is 4.77. The van der Waals surface area contributed by atoms with Crippen molar-refractivity contribution in [1.82, 2.24) is 0 Å². The molecule has 2 rings (SSSR count). The second-order valence-corrected chi connectivity index (χ2v) is 5.18. The first-order valence-corrected chi connectivity index (χ1v) is 5.65. The molecule has 0 aliphatic carbocycles. The third-order valence-electron chi connectivity index (χ3n) is 2.48. The molecule has 4 nitrogen and oxygen atoms in total.